The first-order valence-corrected chi connectivity index (χ1v) is 9.75. The molecule has 0 N–H and O–H groups in total. The van der Waals surface area contributed by atoms with Crippen LogP contribution in [0.15, 0.2) is 42.2 Å². The molecule has 0 radical (unpaired) electrons. The quantitative estimate of drug-likeness (QED) is 0.813. The lowest BCUT2D eigenvalue weighted by molar-refractivity contribution is -0.0980. The molecule has 0 amide bonds. The molecule has 1 aromatic carbocycles. The summed E-state index contributed by atoms with van der Waals surface area (Å²) in [6.45, 7) is 3.92. The molecule has 5 rings (SSSR count). The molecule has 0 bridgehead atoms. The Morgan fingerprint density at radius 3 is 2.76 bits per heavy atom. The smallest absolute Gasteiger partial charge is 0.169 e. The monoisotopic (exact) mass is 355 g/mol. The number of rotatable bonds is 2. The van der Waals surface area contributed by atoms with Gasteiger partial charge in [-0.15, -0.1) is 11.3 Å². The summed E-state index contributed by atoms with van der Waals surface area (Å²) >= 11 is 1.88. The van der Waals surface area contributed by atoms with E-state index in [1.807, 2.05) is 17.4 Å². The van der Waals surface area contributed by atoms with Crippen molar-refractivity contribution in [3.8, 4) is 11.5 Å². The summed E-state index contributed by atoms with van der Waals surface area (Å²) < 4.78 is 17.3. The Balaban J connectivity index is 1.27. The summed E-state index contributed by atoms with van der Waals surface area (Å²) in [6, 6.07) is 8.47. The maximum Gasteiger partial charge on any atom is 0.169 e. The molecule has 1 saturated heterocycles. The molecular formula is C20H21NO3S. The van der Waals surface area contributed by atoms with E-state index in [-0.39, 0.29) is 5.60 Å². The second-order valence-corrected chi connectivity index (χ2v) is 7.92. The van der Waals surface area contributed by atoms with Crippen LogP contribution in [0.4, 0.5) is 0 Å². The molecular weight excluding hydrogens is 334 g/mol. The van der Waals surface area contributed by atoms with Gasteiger partial charge in [-0.25, -0.2) is 0 Å². The highest BCUT2D eigenvalue weighted by atomic mass is 32.1. The highest BCUT2D eigenvalue weighted by molar-refractivity contribution is 7.10. The molecule has 0 saturated carbocycles. The number of ether oxygens (including phenoxy) is 3. The van der Waals surface area contributed by atoms with Crippen LogP contribution in [0.25, 0.3) is 0 Å². The Hall–Kier alpha value is -1.82. The molecule has 3 aliphatic rings. The third-order valence-electron chi connectivity index (χ3n) is 5.47. The average Bonchev–Trinajstić information content (AvgIpc) is 3.14. The van der Waals surface area contributed by atoms with Crippen molar-refractivity contribution >= 4 is 11.3 Å². The van der Waals surface area contributed by atoms with E-state index in [9.17, 15) is 0 Å². The van der Waals surface area contributed by atoms with E-state index in [1.165, 1.54) is 16.0 Å². The van der Waals surface area contributed by atoms with Crippen molar-refractivity contribution in [2.24, 2.45) is 0 Å². The highest BCUT2D eigenvalue weighted by Gasteiger charge is 2.41. The van der Waals surface area contributed by atoms with Crippen molar-refractivity contribution < 1.29 is 14.2 Å². The van der Waals surface area contributed by atoms with Crippen LogP contribution >= 0.6 is 11.3 Å². The number of benzene rings is 1. The minimum Gasteiger partial charge on any atom is -0.458 e. The fourth-order valence-electron chi connectivity index (χ4n) is 4.14. The second kappa shape index (κ2) is 6.16. The van der Waals surface area contributed by atoms with Crippen LogP contribution in [0.1, 0.15) is 28.8 Å². The van der Waals surface area contributed by atoms with E-state index >= 15 is 0 Å². The number of likely N-dealkylation sites (tertiary alicyclic amines) is 1. The number of hydrogen-bond acceptors (Lipinski definition) is 5. The number of piperidine rings is 1. The molecule has 5 heteroatoms. The van der Waals surface area contributed by atoms with Gasteiger partial charge in [0, 0.05) is 30.9 Å². The zero-order chi connectivity index (χ0) is 16.7. The van der Waals surface area contributed by atoms with Crippen LogP contribution in [0.2, 0.25) is 0 Å². The maximum atomic E-state index is 6.30. The van der Waals surface area contributed by atoms with Gasteiger partial charge < -0.3 is 14.2 Å². The normalized spacial score (nSPS) is 21.3. The van der Waals surface area contributed by atoms with Crippen molar-refractivity contribution in [3.05, 3.63) is 58.2 Å². The van der Waals surface area contributed by atoms with E-state index in [4.69, 9.17) is 14.2 Å². The molecule has 130 valence electrons. The molecule has 1 aromatic heterocycles. The zero-order valence-corrected chi connectivity index (χ0v) is 14.9. The maximum absolute atomic E-state index is 6.30. The summed E-state index contributed by atoms with van der Waals surface area (Å²) in [7, 11) is 0. The first-order valence-electron chi connectivity index (χ1n) is 8.87. The summed E-state index contributed by atoms with van der Waals surface area (Å²) in [4.78, 5) is 4.04. The zero-order valence-electron chi connectivity index (χ0n) is 14.1. The highest BCUT2D eigenvalue weighted by Crippen LogP contribution is 2.43. The molecule has 1 spiro atoms. The Bertz CT molecular complexity index is 805. The Morgan fingerprint density at radius 2 is 1.88 bits per heavy atom. The lowest BCUT2D eigenvalue weighted by Gasteiger charge is -2.44. The van der Waals surface area contributed by atoms with Crippen LogP contribution in [0.3, 0.4) is 0 Å². The minimum atomic E-state index is -0.0400. The van der Waals surface area contributed by atoms with E-state index in [2.05, 4.69) is 28.5 Å². The van der Waals surface area contributed by atoms with Crippen LogP contribution in [0.5, 0.6) is 11.5 Å². The topological polar surface area (TPSA) is 30.9 Å². The van der Waals surface area contributed by atoms with E-state index < -0.39 is 0 Å². The van der Waals surface area contributed by atoms with Crippen LogP contribution in [-0.4, -0.2) is 24.6 Å². The van der Waals surface area contributed by atoms with Gasteiger partial charge in [0.2, 0.25) is 0 Å². The predicted molar refractivity (Wildman–Crippen MR) is 97.0 cm³/mol. The van der Waals surface area contributed by atoms with Crippen molar-refractivity contribution in [1.29, 1.82) is 0 Å². The van der Waals surface area contributed by atoms with Gasteiger partial charge >= 0.3 is 0 Å². The summed E-state index contributed by atoms with van der Waals surface area (Å²) in [5, 5.41) is 2.22. The SMILES string of the molecule is C1=COc2cc(CN3CCC4(CC3)OCCc3sccc34)ccc2O1. The summed E-state index contributed by atoms with van der Waals surface area (Å²) in [6.07, 6.45) is 6.36. The molecule has 2 aromatic rings. The Morgan fingerprint density at radius 1 is 1.04 bits per heavy atom. The van der Waals surface area contributed by atoms with Gasteiger partial charge in [0.15, 0.2) is 11.5 Å². The van der Waals surface area contributed by atoms with Gasteiger partial charge in [-0.3, -0.25) is 4.90 Å². The number of nitrogens with zero attached hydrogens (tertiary/aromatic N) is 1. The first kappa shape index (κ1) is 15.4. The minimum absolute atomic E-state index is 0.0400. The fraction of sp³-hybridized carbons (Fsp3) is 0.400. The number of thiophene rings is 1. The van der Waals surface area contributed by atoms with Crippen molar-refractivity contribution in [3.63, 3.8) is 0 Å². The molecule has 3 aliphatic heterocycles. The van der Waals surface area contributed by atoms with Gasteiger partial charge in [0.05, 0.1) is 12.2 Å². The Kier molecular flexibility index (Phi) is 3.81. The van der Waals surface area contributed by atoms with Gasteiger partial charge in [-0.1, -0.05) is 6.07 Å². The van der Waals surface area contributed by atoms with Crippen LogP contribution in [-0.2, 0) is 23.3 Å². The standard InChI is InChI=1S/C20H21NO3S/c1-2-17-18(23-11-10-22-17)13-15(1)14-21-7-5-20(6-8-21)16-4-12-25-19(16)3-9-24-20/h1-2,4,10-13H,3,5-9,14H2. The van der Waals surface area contributed by atoms with Crippen molar-refractivity contribution in [1.82, 2.24) is 4.90 Å². The van der Waals surface area contributed by atoms with Gasteiger partial charge in [-0.2, -0.15) is 0 Å². The van der Waals surface area contributed by atoms with E-state index in [0.717, 1.165) is 57.0 Å². The third-order valence-corrected chi connectivity index (χ3v) is 6.45. The molecule has 1 fully saturated rings. The molecule has 4 nitrogen and oxygen atoms in total. The predicted octanol–water partition coefficient (Wildman–Crippen LogP) is 4.05. The molecule has 0 unspecified atom stereocenters. The first-order chi connectivity index (χ1) is 12.3. The second-order valence-electron chi connectivity index (χ2n) is 6.92. The average molecular weight is 355 g/mol. The van der Waals surface area contributed by atoms with E-state index in [1.54, 1.807) is 12.5 Å². The summed E-state index contributed by atoms with van der Waals surface area (Å²) in [5.41, 5.74) is 2.67. The number of hydrogen-bond donors (Lipinski definition) is 0. The lowest BCUT2D eigenvalue weighted by atomic mass is 9.82. The number of fused-ring (bicyclic) bond motifs is 3. The molecule has 0 atom stereocenters. The van der Waals surface area contributed by atoms with Crippen molar-refractivity contribution in [2.45, 2.75) is 31.4 Å². The third kappa shape index (κ3) is 2.76. The van der Waals surface area contributed by atoms with Gasteiger partial charge in [0.25, 0.3) is 0 Å². The van der Waals surface area contributed by atoms with Gasteiger partial charge in [0.1, 0.15) is 12.5 Å². The van der Waals surface area contributed by atoms with Gasteiger partial charge in [-0.05, 0) is 47.5 Å². The van der Waals surface area contributed by atoms with Crippen molar-refractivity contribution in [2.75, 3.05) is 19.7 Å². The lowest BCUT2D eigenvalue weighted by Crippen LogP contribution is -2.45. The fourth-order valence-corrected chi connectivity index (χ4v) is 5.09. The Labute approximate surface area is 151 Å². The van der Waals surface area contributed by atoms with E-state index in [0.29, 0.717) is 0 Å². The molecule has 0 aliphatic carbocycles. The largest absolute Gasteiger partial charge is 0.458 e. The van der Waals surface area contributed by atoms with Crippen LogP contribution < -0.4 is 9.47 Å². The molecule has 25 heavy (non-hydrogen) atoms. The molecule has 4 heterocycles. The summed E-state index contributed by atoms with van der Waals surface area (Å²) in [5.74, 6) is 1.58. The van der Waals surface area contributed by atoms with Crippen LogP contribution in [0, 0.1) is 0 Å².